The average Bonchev–Trinajstić information content (AvgIpc) is 3.11. The van der Waals surface area contributed by atoms with Crippen LogP contribution in [0.15, 0.2) is 28.7 Å². The summed E-state index contributed by atoms with van der Waals surface area (Å²) in [4.78, 5) is 28.5. The van der Waals surface area contributed by atoms with Gasteiger partial charge in [0.05, 0.1) is 5.41 Å². The van der Waals surface area contributed by atoms with E-state index in [0.717, 1.165) is 66.6 Å². The molecule has 1 aromatic rings. The minimum Gasteiger partial charge on any atom is -0.330 e. The van der Waals surface area contributed by atoms with Crippen LogP contribution < -0.4 is 5.32 Å². The van der Waals surface area contributed by atoms with Gasteiger partial charge in [-0.15, -0.1) is 0 Å². The van der Waals surface area contributed by atoms with Gasteiger partial charge in [0.1, 0.15) is 6.04 Å². The van der Waals surface area contributed by atoms with E-state index in [0.29, 0.717) is 0 Å². The number of nitrogens with one attached hydrogen (secondary N) is 1. The van der Waals surface area contributed by atoms with Crippen molar-refractivity contribution in [1.29, 1.82) is 0 Å². The SMILES string of the molecule is O=C(Nc1ccc(Br)cc1)C1CCCN1C(=O)C12CC3CC(CC(C3)C1)C2. The van der Waals surface area contributed by atoms with Gasteiger partial charge in [-0.25, -0.2) is 0 Å². The molecule has 1 heterocycles. The zero-order valence-corrected chi connectivity index (χ0v) is 17.2. The van der Waals surface area contributed by atoms with Crippen LogP contribution in [-0.2, 0) is 9.59 Å². The molecule has 27 heavy (non-hydrogen) atoms. The van der Waals surface area contributed by atoms with E-state index in [-0.39, 0.29) is 23.3 Å². The fourth-order valence-corrected chi connectivity index (χ4v) is 6.98. The van der Waals surface area contributed by atoms with E-state index < -0.39 is 0 Å². The maximum Gasteiger partial charge on any atom is 0.247 e. The van der Waals surface area contributed by atoms with Crippen molar-refractivity contribution < 1.29 is 9.59 Å². The molecule has 1 aliphatic heterocycles. The topological polar surface area (TPSA) is 49.4 Å². The summed E-state index contributed by atoms with van der Waals surface area (Å²) in [6.45, 7) is 0.735. The Labute approximate surface area is 169 Å². The van der Waals surface area contributed by atoms with E-state index in [1.54, 1.807) is 0 Å². The van der Waals surface area contributed by atoms with Crippen LogP contribution >= 0.6 is 15.9 Å². The predicted octanol–water partition coefficient (Wildman–Crippen LogP) is 4.60. The first-order chi connectivity index (χ1) is 13.0. The van der Waals surface area contributed by atoms with Crippen molar-refractivity contribution in [2.45, 2.75) is 57.4 Å². The van der Waals surface area contributed by atoms with Gasteiger partial charge in [0.25, 0.3) is 0 Å². The number of likely N-dealkylation sites (tertiary alicyclic amines) is 1. The molecule has 1 atom stereocenters. The number of rotatable bonds is 3. The third-order valence-electron chi connectivity index (χ3n) is 7.42. The lowest BCUT2D eigenvalue weighted by Crippen LogP contribution is -2.56. The maximum atomic E-state index is 13.7. The molecule has 1 saturated heterocycles. The molecule has 1 unspecified atom stereocenters. The number of benzene rings is 1. The summed E-state index contributed by atoms with van der Waals surface area (Å²) in [5.41, 5.74) is 0.632. The summed E-state index contributed by atoms with van der Waals surface area (Å²) in [6, 6.07) is 7.31. The van der Waals surface area contributed by atoms with Crippen LogP contribution in [0.4, 0.5) is 5.69 Å². The Balaban J connectivity index is 1.32. The Bertz CT molecular complexity index is 725. The largest absolute Gasteiger partial charge is 0.330 e. The van der Waals surface area contributed by atoms with Crippen LogP contribution in [0.5, 0.6) is 0 Å². The van der Waals surface area contributed by atoms with Gasteiger partial charge in [0, 0.05) is 16.7 Å². The Kier molecular flexibility index (Phi) is 4.34. The third kappa shape index (κ3) is 3.12. The second-order valence-electron chi connectivity index (χ2n) is 9.35. The van der Waals surface area contributed by atoms with Gasteiger partial charge in [-0.05, 0) is 93.4 Å². The number of carbonyl (C=O) groups is 2. The molecule has 4 nitrogen and oxygen atoms in total. The number of nitrogens with zero attached hydrogens (tertiary/aromatic N) is 1. The third-order valence-corrected chi connectivity index (χ3v) is 7.95. The minimum absolute atomic E-state index is 0.0344. The molecule has 6 rings (SSSR count). The number of hydrogen-bond acceptors (Lipinski definition) is 2. The zero-order valence-electron chi connectivity index (χ0n) is 15.6. The number of anilines is 1. The van der Waals surface area contributed by atoms with Gasteiger partial charge < -0.3 is 10.2 Å². The van der Waals surface area contributed by atoms with E-state index in [9.17, 15) is 9.59 Å². The summed E-state index contributed by atoms with van der Waals surface area (Å²) < 4.78 is 0.986. The predicted molar refractivity (Wildman–Crippen MR) is 108 cm³/mol. The Morgan fingerprint density at radius 1 is 1.00 bits per heavy atom. The summed E-state index contributed by atoms with van der Waals surface area (Å²) >= 11 is 3.42. The van der Waals surface area contributed by atoms with Crippen molar-refractivity contribution in [2.24, 2.45) is 23.2 Å². The van der Waals surface area contributed by atoms with E-state index in [4.69, 9.17) is 0 Å². The molecule has 5 aliphatic rings. The van der Waals surface area contributed by atoms with Gasteiger partial charge >= 0.3 is 0 Å². The molecule has 4 aliphatic carbocycles. The Morgan fingerprint density at radius 3 is 2.19 bits per heavy atom. The van der Waals surface area contributed by atoms with E-state index in [1.807, 2.05) is 29.2 Å². The zero-order chi connectivity index (χ0) is 18.6. The van der Waals surface area contributed by atoms with Crippen molar-refractivity contribution in [3.8, 4) is 0 Å². The van der Waals surface area contributed by atoms with Gasteiger partial charge in [-0.1, -0.05) is 15.9 Å². The van der Waals surface area contributed by atoms with Gasteiger partial charge in [0.15, 0.2) is 0 Å². The summed E-state index contributed by atoms with van der Waals surface area (Å²) in [6.07, 6.45) is 8.90. The molecule has 0 spiro atoms. The highest BCUT2D eigenvalue weighted by Crippen LogP contribution is 2.60. The van der Waals surface area contributed by atoms with Crippen LogP contribution in [0, 0.1) is 23.2 Å². The average molecular weight is 431 g/mol. The molecule has 0 aromatic heterocycles. The van der Waals surface area contributed by atoms with Gasteiger partial charge in [-0.3, -0.25) is 9.59 Å². The first-order valence-corrected chi connectivity index (χ1v) is 11.2. The number of amides is 2. The van der Waals surface area contributed by atoms with Crippen LogP contribution in [0.3, 0.4) is 0 Å². The smallest absolute Gasteiger partial charge is 0.247 e. The Morgan fingerprint density at radius 2 is 1.59 bits per heavy atom. The van der Waals surface area contributed by atoms with Crippen molar-refractivity contribution in [2.75, 3.05) is 11.9 Å². The molecule has 5 heteroatoms. The molecule has 1 aromatic carbocycles. The molecule has 0 radical (unpaired) electrons. The number of halogens is 1. The van der Waals surface area contributed by atoms with Crippen LogP contribution in [-0.4, -0.2) is 29.3 Å². The van der Waals surface area contributed by atoms with E-state index in [2.05, 4.69) is 21.2 Å². The highest BCUT2D eigenvalue weighted by atomic mass is 79.9. The van der Waals surface area contributed by atoms with Crippen molar-refractivity contribution in [3.05, 3.63) is 28.7 Å². The normalized spacial score (nSPS) is 36.9. The fourth-order valence-electron chi connectivity index (χ4n) is 6.72. The molecule has 5 fully saturated rings. The van der Waals surface area contributed by atoms with Crippen molar-refractivity contribution in [3.63, 3.8) is 0 Å². The standard InChI is InChI=1S/C22H27BrN2O2/c23-17-3-5-18(6-4-17)24-20(26)19-2-1-7-25(19)21(27)22-11-14-8-15(12-22)10-16(9-14)13-22/h3-6,14-16,19H,1-2,7-13H2,(H,24,26). The highest BCUT2D eigenvalue weighted by Gasteiger charge is 2.56. The highest BCUT2D eigenvalue weighted by molar-refractivity contribution is 9.10. The van der Waals surface area contributed by atoms with Crippen LogP contribution in [0.1, 0.15) is 51.4 Å². The molecular formula is C22H27BrN2O2. The molecule has 4 saturated carbocycles. The lowest BCUT2D eigenvalue weighted by molar-refractivity contribution is -0.160. The van der Waals surface area contributed by atoms with E-state index >= 15 is 0 Å². The molecule has 144 valence electrons. The summed E-state index contributed by atoms with van der Waals surface area (Å²) in [7, 11) is 0. The van der Waals surface area contributed by atoms with Crippen LogP contribution in [0.2, 0.25) is 0 Å². The van der Waals surface area contributed by atoms with E-state index in [1.165, 1.54) is 19.3 Å². The molecule has 2 amide bonds. The summed E-state index contributed by atoms with van der Waals surface area (Å²) in [5, 5.41) is 3.02. The Hall–Kier alpha value is -1.36. The quantitative estimate of drug-likeness (QED) is 0.761. The summed E-state index contributed by atoms with van der Waals surface area (Å²) in [5.74, 6) is 2.50. The van der Waals surface area contributed by atoms with Crippen molar-refractivity contribution >= 4 is 33.4 Å². The number of carbonyl (C=O) groups excluding carboxylic acids is 2. The number of hydrogen-bond donors (Lipinski definition) is 1. The first kappa shape index (κ1) is 17.7. The molecular weight excluding hydrogens is 404 g/mol. The molecule has 4 bridgehead atoms. The maximum absolute atomic E-state index is 13.7. The first-order valence-electron chi connectivity index (χ1n) is 10.4. The van der Waals surface area contributed by atoms with Crippen LogP contribution in [0.25, 0.3) is 0 Å². The lowest BCUT2D eigenvalue weighted by Gasteiger charge is -2.56. The second-order valence-corrected chi connectivity index (χ2v) is 10.3. The minimum atomic E-state index is -0.311. The van der Waals surface area contributed by atoms with Gasteiger partial charge in [0.2, 0.25) is 11.8 Å². The molecule has 1 N–H and O–H groups in total. The monoisotopic (exact) mass is 430 g/mol. The second kappa shape index (κ2) is 6.61. The lowest BCUT2D eigenvalue weighted by atomic mass is 9.49. The van der Waals surface area contributed by atoms with Gasteiger partial charge in [-0.2, -0.15) is 0 Å². The fraction of sp³-hybridized carbons (Fsp3) is 0.636. The van der Waals surface area contributed by atoms with Crippen molar-refractivity contribution in [1.82, 2.24) is 4.90 Å².